The molecule has 0 bridgehead atoms. The summed E-state index contributed by atoms with van der Waals surface area (Å²) in [5.74, 6) is 3.78. The van der Waals surface area contributed by atoms with Crippen molar-refractivity contribution in [2.24, 2.45) is 0 Å². The summed E-state index contributed by atoms with van der Waals surface area (Å²) in [6, 6.07) is 111. The van der Waals surface area contributed by atoms with Gasteiger partial charge in [-0.2, -0.15) is 0 Å². The van der Waals surface area contributed by atoms with Crippen LogP contribution >= 0.6 is 0 Å². The molecule has 0 radical (unpaired) electrons. The van der Waals surface area contributed by atoms with Crippen molar-refractivity contribution in [2.45, 2.75) is 89.1 Å². The molecule has 17 nitrogen and oxygen atoms in total. The van der Waals surface area contributed by atoms with Gasteiger partial charge in [-0.15, -0.1) is 0 Å². The fourth-order valence-corrected chi connectivity index (χ4v) is 11.6. The van der Waals surface area contributed by atoms with Crippen molar-refractivity contribution in [3.63, 3.8) is 0 Å². The minimum atomic E-state index is -0.415. The average Bonchev–Trinajstić information content (AvgIpc) is 0.846. The maximum Gasteiger partial charge on any atom is 0.343 e. The summed E-state index contributed by atoms with van der Waals surface area (Å²) >= 11 is 0. The number of aryl methyl sites for hydroxylation is 10. The van der Waals surface area contributed by atoms with Gasteiger partial charge in [0.25, 0.3) is 11.8 Å². The number of hydrogen-bond acceptors (Lipinski definition) is 15. The monoisotopic (exact) mass is 1690 g/mol. The summed E-state index contributed by atoms with van der Waals surface area (Å²) in [4.78, 5) is 72.8. The van der Waals surface area contributed by atoms with Gasteiger partial charge in [-0.05, 0) is 292 Å². The van der Waals surface area contributed by atoms with Crippen LogP contribution in [0.2, 0.25) is 0 Å². The average molecular weight is 1690 g/mol. The van der Waals surface area contributed by atoms with Crippen LogP contribution in [0.3, 0.4) is 0 Å². The standard InChI is InChI=1S/C22H19NO3.C22H21NO2.C22H20O4.2C22H20O3/c1-15-3-7-17(8-4-15)21(24)23-19-11-13-20(14-12-19)26-22(25)18-9-5-16(2)6-10-18;1-16-3-7-18(8-4-16)15-25-21-13-11-20(12-14-21)23-22(24)19-9-5-17(2)6-10-19;1-16-3-7-18(8-4-16)22(23)26-21-13-11-20(12-14-21)25-15-24-19-9-5-17(2)6-10-19;1-16-3-9-19(10-4-16)22(23)25-21-13-7-18(8-14-21)15-24-20-11-5-17(2)6-12-20;1-16-3-7-18(8-4-16)15-24-20-11-13-21(14-12-20)25-22(23)19-9-5-17(2)6-10-19/h3-14H,1-2H3,(H,23,24);3-14H,15H2,1-2H3,(H,23,24);3-14H,15H2,1-2H3;2*3-14H,15H2,1-2H3. The van der Waals surface area contributed by atoms with Crippen molar-refractivity contribution in [1.82, 2.24) is 0 Å². The fraction of sp³-hybridized carbons (Fsp3) is 0.127. The van der Waals surface area contributed by atoms with E-state index in [9.17, 15) is 28.8 Å². The number of nitrogens with one attached hydrogen (secondary N) is 2. The second kappa shape index (κ2) is 46.9. The highest BCUT2D eigenvalue weighted by Crippen LogP contribution is 2.26. The molecule has 0 saturated carbocycles. The molecule has 0 aliphatic heterocycles. The molecular formula is C110H100N2O15. The summed E-state index contributed by atoms with van der Waals surface area (Å²) in [6.45, 7) is 21.6. The molecule has 640 valence electrons. The SMILES string of the molecule is Cc1ccc(C(=O)Nc2ccc(OC(=O)c3ccc(C)cc3)cc2)cc1.Cc1ccc(COc2ccc(NC(=O)c3ccc(C)cc3)cc2)cc1.Cc1ccc(COc2ccc(OC(=O)c3ccc(C)cc3)cc2)cc1.Cc1ccc(OCOc2ccc(OC(=O)c3ccc(C)cc3)cc2)cc1.Cc1ccc(OCc2ccc(OC(=O)c3ccc(C)cc3)cc2)cc1. The molecule has 15 aromatic rings. The van der Waals surface area contributed by atoms with Crippen molar-refractivity contribution in [3.8, 4) is 51.7 Å². The van der Waals surface area contributed by atoms with Gasteiger partial charge < -0.3 is 53.3 Å². The van der Waals surface area contributed by atoms with Crippen molar-refractivity contribution in [3.05, 3.63) is 470 Å². The highest BCUT2D eigenvalue weighted by Gasteiger charge is 2.15. The summed E-state index contributed by atoms with van der Waals surface area (Å²) in [5, 5.41) is 5.71. The van der Waals surface area contributed by atoms with Crippen LogP contribution in [0.15, 0.2) is 364 Å². The summed E-state index contributed by atoms with van der Waals surface area (Å²) in [5.41, 5.74) is 19.4. The second-order valence-electron chi connectivity index (χ2n) is 30.2. The number of anilines is 2. The predicted octanol–water partition coefficient (Wildman–Crippen LogP) is 25.1. The van der Waals surface area contributed by atoms with E-state index in [0.717, 1.165) is 78.8 Å². The maximum atomic E-state index is 12.2. The van der Waals surface area contributed by atoms with Gasteiger partial charge >= 0.3 is 23.9 Å². The molecule has 0 spiro atoms. The number of carbonyl (C=O) groups is 6. The molecule has 2 amide bonds. The second-order valence-corrected chi connectivity index (χ2v) is 30.2. The molecule has 0 saturated heterocycles. The lowest BCUT2D eigenvalue weighted by Gasteiger charge is -2.09. The molecule has 0 heterocycles. The molecule has 0 atom stereocenters. The van der Waals surface area contributed by atoms with Crippen LogP contribution in [-0.2, 0) is 19.8 Å². The van der Waals surface area contributed by atoms with E-state index in [2.05, 4.69) is 60.9 Å². The lowest BCUT2D eigenvalue weighted by Crippen LogP contribution is -2.12. The van der Waals surface area contributed by atoms with Gasteiger partial charge in [0, 0.05) is 22.5 Å². The first-order chi connectivity index (χ1) is 61.4. The van der Waals surface area contributed by atoms with E-state index in [4.69, 9.17) is 42.6 Å². The van der Waals surface area contributed by atoms with E-state index in [1.54, 1.807) is 146 Å². The normalized spacial score (nSPS) is 10.3. The Balaban J connectivity index is 0.000000154. The van der Waals surface area contributed by atoms with E-state index in [0.29, 0.717) is 87.6 Å². The first kappa shape index (κ1) is 91.9. The summed E-state index contributed by atoms with van der Waals surface area (Å²) in [6.07, 6.45) is 0. The molecule has 2 N–H and O–H groups in total. The fourth-order valence-electron chi connectivity index (χ4n) is 11.6. The topological polar surface area (TPSA) is 210 Å². The number of carbonyl (C=O) groups excluding carboxylic acids is 6. The first-order valence-electron chi connectivity index (χ1n) is 41.2. The highest BCUT2D eigenvalue weighted by molar-refractivity contribution is 6.05. The molecule has 17 heteroatoms. The van der Waals surface area contributed by atoms with Gasteiger partial charge in [0.15, 0.2) is 0 Å². The number of amides is 2. The summed E-state index contributed by atoms with van der Waals surface area (Å²) in [7, 11) is 0. The lowest BCUT2D eigenvalue weighted by atomic mass is 10.1. The third-order valence-electron chi connectivity index (χ3n) is 19.4. The Morgan fingerprint density at radius 2 is 0.339 bits per heavy atom. The lowest BCUT2D eigenvalue weighted by molar-refractivity contribution is 0.0725. The van der Waals surface area contributed by atoms with E-state index in [1.165, 1.54) is 22.3 Å². The molecule has 0 fully saturated rings. The van der Waals surface area contributed by atoms with Crippen LogP contribution in [0.25, 0.3) is 0 Å². The predicted molar refractivity (Wildman–Crippen MR) is 499 cm³/mol. The number of benzene rings is 15. The Hall–Kier alpha value is -15.9. The molecule has 127 heavy (non-hydrogen) atoms. The minimum absolute atomic E-state index is 0.103. The van der Waals surface area contributed by atoms with Gasteiger partial charge in [0.1, 0.15) is 71.6 Å². The Morgan fingerprint density at radius 3 is 0.575 bits per heavy atom. The molecule has 0 aliphatic rings. The molecule has 0 unspecified atom stereocenters. The third-order valence-corrected chi connectivity index (χ3v) is 19.4. The molecular weight excluding hydrogens is 1590 g/mol. The van der Waals surface area contributed by atoms with Crippen LogP contribution in [0.4, 0.5) is 11.4 Å². The van der Waals surface area contributed by atoms with Crippen LogP contribution < -0.4 is 53.3 Å². The Kier molecular flexibility index (Phi) is 34.0. The van der Waals surface area contributed by atoms with E-state index < -0.39 is 5.97 Å². The number of ether oxygens (including phenoxy) is 9. The smallest absolute Gasteiger partial charge is 0.343 e. The van der Waals surface area contributed by atoms with Gasteiger partial charge in [-0.3, -0.25) is 9.59 Å². The first-order valence-corrected chi connectivity index (χ1v) is 41.2. The van der Waals surface area contributed by atoms with Crippen molar-refractivity contribution in [1.29, 1.82) is 0 Å². The van der Waals surface area contributed by atoms with E-state index in [1.807, 2.05) is 237 Å². The largest absolute Gasteiger partial charge is 0.489 e. The quantitative estimate of drug-likeness (QED) is 0.0310. The number of esters is 4. The molecule has 0 aromatic heterocycles. The Bertz CT molecular complexity index is 5580. The summed E-state index contributed by atoms with van der Waals surface area (Å²) < 4.78 is 49.8. The minimum Gasteiger partial charge on any atom is -0.489 e. The zero-order valence-electron chi connectivity index (χ0n) is 72.6. The van der Waals surface area contributed by atoms with Gasteiger partial charge in [-0.1, -0.05) is 213 Å². The molecule has 0 aliphatic carbocycles. The van der Waals surface area contributed by atoms with Crippen molar-refractivity contribution >= 4 is 47.1 Å². The van der Waals surface area contributed by atoms with Crippen LogP contribution in [0.5, 0.6) is 51.7 Å². The number of hydrogen-bond donors (Lipinski definition) is 2. The molecule has 15 rings (SSSR count). The van der Waals surface area contributed by atoms with E-state index in [-0.39, 0.29) is 36.5 Å². The zero-order chi connectivity index (χ0) is 89.8. The van der Waals surface area contributed by atoms with Crippen molar-refractivity contribution in [2.75, 3.05) is 17.4 Å². The van der Waals surface area contributed by atoms with Gasteiger partial charge in [0.2, 0.25) is 6.79 Å². The highest BCUT2D eigenvalue weighted by atomic mass is 16.7. The number of rotatable bonds is 25. The van der Waals surface area contributed by atoms with Gasteiger partial charge in [0.05, 0.1) is 22.3 Å². The Labute approximate surface area is 742 Å². The van der Waals surface area contributed by atoms with Crippen LogP contribution in [0.1, 0.15) is 134 Å². The third kappa shape index (κ3) is 31.2. The van der Waals surface area contributed by atoms with Gasteiger partial charge in [-0.25, -0.2) is 19.2 Å². The Morgan fingerprint density at radius 1 is 0.181 bits per heavy atom. The van der Waals surface area contributed by atoms with Crippen molar-refractivity contribution < 1.29 is 71.4 Å². The van der Waals surface area contributed by atoms with Crippen LogP contribution in [-0.4, -0.2) is 42.5 Å². The van der Waals surface area contributed by atoms with Crippen LogP contribution in [0, 0.1) is 69.2 Å². The zero-order valence-corrected chi connectivity index (χ0v) is 72.6. The molecule has 15 aromatic carbocycles. The van der Waals surface area contributed by atoms with E-state index >= 15 is 0 Å². The maximum absolute atomic E-state index is 12.2.